The molecule has 1 unspecified atom stereocenters. The second kappa shape index (κ2) is 6.51. The van der Waals surface area contributed by atoms with Crippen LogP contribution in [0, 0.1) is 5.82 Å². The summed E-state index contributed by atoms with van der Waals surface area (Å²) in [5.41, 5.74) is 7.79. The van der Waals surface area contributed by atoms with Crippen LogP contribution >= 0.6 is 15.9 Å². The summed E-state index contributed by atoms with van der Waals surface area (Å²) < 4.78 is 14.8. The minimum atomic E-state index is -0.523. The van der Waals surface area contributed by atoms with Gasteiger partial charge in [0.2, 0.25) is 0 Å². The fourth-order valence-corrected chi connectivity index (χ4v) is 2.89. The highest BCUT2D eigenvalue weighted by Crippen LogP contribution is 2.29. The summed E-state index contributed by atoms with van der Waals surface area (Å²) in [5.74, 6) is -0.207. The lowest BCUT2D eigenvalue weighted by atomic mass is 9.81. The van der Waals surface area contributed by atoms with E-state index >= 15 is 0 Å². The summed E-state index contributed by atoms with van der Waals surface area (Å²) in [4.78, 5) is 0. The summed E-state index contributed by atoms with van der Waals surface area (Å²) in [6.45, 7) is 2.10. The molecule has 0 saturated heterocycles. The molecule has 0 heterocycles. The van der Waals surface area contributed by atoms with E-state index in [2.05, 4.69) is 22.9 Å². The molecule has 0 aliphatic carbocycles. The van der Waals surface area contributed by atoms with Gasteiger partial charge in [0.25, 0.3) is 0 Å². The van der Waals surface area contributed by atoms with Gasteiger partial charge in [-0.3, -0.25) is 0 Å². The van der Waals surface area contributed by atoms with Crippen molar-refractivity contribution in [2.45, 2.75) is 31.7 Å². The number of hydrogen-bond acceptors (Lipinski definition) is 1. The van der Waals surface area contributed by atoms with E-state index in [0.29, 0.717) is 12.0 Å². The van der Waals surface area contributed by atoms with Crippen LogP contribution in [0.3, 0.4) is 0 Å². The highest BCUT2D eigenvalue weighted by Gasteiger charge is 2.27. The van der Waals surface area contributed by atoms with Crippen molar-refractivity contribution in [3.8, 4) is 0 Å². The minimum Gasteiger partial charge on any atom is -0.321 e. The van der Waals surface area contributed by atoms with E-state index in [0.717, 1.165) is 22.9 Å². The zero-order valence-corrected chi connectivity index (χ0v) is 13.2. The molecular formula is C17H19BrFN. The van der Waals surface area contributed by atoms with Gasteiger partial charge in [0.05, 0.1) is 0 Å². The summed E-state index contributed by atoms with van der Waals surface area (Å²) in [6.07, 6.45) is 2.29. The van der Waals surface area contributed by atoms with Crippen molar-refractivity contribution in [1.82, 2.24) is 0 Å². The van der Waals surface area contributed by atoms with E-state index in [9.17, 15) is 4.39 Å². The zero-order chi connectivity index (χ0) is 14.6. The molecule has 0 aliphatic heterocycles. The number of rotatable bonds is 5. The molecule has 0 saturated carbocycles. The van der Waals surface area contributed by atoms with Gasteiger partial charge in [0.1, 0.15) is 5.82 Å². The first-order chi connectivity index (χ1) is 9.55. The molecule has 2 aromatic rings. The molecule has 0 aromatic heterocycles. The maximum absolute atomic E-state index is 14.1. The lowest BCUT2D eigenvalue weighted by Crippen LogP contribution is -2.39. The lowest BCUT2D eigenvalue weighted by molar-refractivity contribution is 0.393. The van der Waals surface area contributed by atoms with E-state index in [4.69, 9.17) is 5.73 Å². The van der Waals surface area contributed by atoms with Crippen molar-refractivity contribution in [3.05, 3.63) is 69.9 Å². The van der Waals surface area contributed by atoms with Gasteiger partial charge in [0, 0.05) is 10.0 Å². The second-order valence-electron chi connectivity index (χ2n) is 5.18. The van der Waals surface area contributed by atoms with Crippen LogP contribution < -0.4 is 5.73 Å². The van der Waals surface area contributed by atoms with Crippen LogP contribution in [0.5, 0.6) is 0 Å². The molecule has 106 valence electrons. The Hall–Kier alpha value is -1.19. The Morgan fingerprint density at radius 1 is 1.15 bits per heavy atom. The third kappa shape index (κ3) is 3.47. The number of halogens is 2. The Morgan fingerprint density at radius 2 is 1.85 bits per heavy atom. The van der Waals surface area contributed by atoms with Gasteiger partial charge in [-0.25, -0.2) is 4.39 Å². The third-order valence-electron chi connectivity index (χ3n) is 3.57. The molecule has 20 heavy (non-hydrogen) atoms. The first-order valence-electron chi connectivity index (χ1n) is 6.83. The molecule has 0 amide bonds. The summed E-state index contributed by atoms with van der Waals surface area (Å²) in [6, 6.07) is 15.1. The highest BCUT2D eigenvalue weighted by atomic mass is 79.9. The van der Waals surface area contributed by atoms with Crippen LogP contribution in [-0.2, 0) is 12.0 Å². The van der Waals surface area contributed by atoms with Gasteiger partial charge in [-0.1, -0.05) is 65.7 Å². The molecule has 2 N–H and O–H groups in total. The smallest absolute Gasteiger partial charge is 0.127 e. The summed E-state index contributed by atoms with van der Waals surface area (Å²) in [7, 11) is 0. The van der Waals surface area contributed by atoms with Gasteiger partial charge in [0.15, 0.2) is 0 Å². The molecule has 0 fully saturated rings. The summed E-state index contributed by atoms with van der Waals surface area (Å²) >= 11 is 3.28. The lowest BCUT2D eigenvalue weighted by Gasteiger charge is -2.30. The first kappa shape index (κ1) is 15.2. The fourth-order valence-electron chi connectivity index (χ4n) is 2.56. The number of nitrogens with two attached hydrogens (primary N) is 1. The molecule has 3 heteroatoms. The van der Waals surface area contributed by atoms with Crippen molar-refractivity contribution < 1.29 is 4.39 Å². The van der Waals surface area contributed by atoms with Crippen molar-refractivity contribution in [2.75, 3.05) is 0 Å². The molecule has 0 bridgehead atoms. The quantitative estimate of drug-likeness (QED) is 0.835. The SMILES string of the molecule is CCCC(N)(Cc1ccc(Br)cc1F)c1ccccc1. The van der Waals surface area contributed by atoms with Crippen LogP contribution in [0.2, 0.25) is 0 Å². The van der Waals surface area contributed by atoms with Crippen LogP contribution in [0.4, 0.5) is 4.39 Å². The van der Waals surface area contributed by atoms with Gasteiger partial charge < -0.3 is 5.73 Å². The first-order valence-corrected chi connectivity index (χ1v) is 7.63. The zero-order valence-electron chi connectivity index (χ0n) is 11.6. The average Bonchev–Trinajstić information content (AvgIpc) is 2.43. The van der Waals surface area contributed by atoms with Crippen LogP contribution in [0.1, 0.15) is 30.9 Å². The molecule has 0 spiro atoms. The largest absolute Gasteiger partial charge is 0.321 e. The number of hydrogen-bond donors (Lipinski definition) is 1. The molecule has 2 rings (SSSR count). The standard InChI is InChI=1S/C17H19BrFN/c1-2-10-17(20,14-6-4-3-5-7-14)12-13-8-9-15(18)11-16(13)19/h3-9,11H,2,10,12,20H2,1H3. The fraction of sp³-hybridized carbons (Fsp3) is 0.294. The molecule has 0 aliphatic rings. The normalized spacial score (nSPS) is 14.0. The van der Waals surface area contributed by atoms with Crippen molar-refractivity contribution >= 4 is 15.9 Å². The van der Waals surface area contributed by atoms with Gasteiger partial charge in [-0.2, -0.15) is 0 Å². The van der Waals surface area contributed by atoms with Gasteiger partial charge in [-0.05, 0) is 36.1 Å². The molecule has 0 radical (unpaired) electrons. The molecule has 1 nitrogen and oxygen atoms in total. The molecule has 1 atom stereocenters. The van der Waals surface area contributed by atoms with Crippen LogP contribution in [-0.4, -0.2) is 0 Å². The third-order valence-corrected chi connectivity index (χ3v) is 4.06. The van der Waals surface area contributed by atoms with Crippen molar-refractivity contribution in [1.29, 1.82) is 0 Å². The van der Waals surface area contributed by atoms with E-state index in [1.54, 1.807) is 6.07 Å². The minimum absolute atomic E-state index is 0.207. The monoisotopic (exact) mass is 335 g/mol. The van der Waals surface area contributed by atoms with Crippen LogP contribution in [0.15, 0.2) is 53.0 Å². The van der Waals surface area contributed by atoms with Crippen molar-refractivity contribution in [2.24, 2.45) is 5.73 Å². The Bertz CT molecular complexity index is 570. The molecule has 2 aromatic carbocycles. The predicted molar refractivity (Wildman–Crippen MR) is 85.0 cm³/mol. The van der Waals surface area contributed by atoms with Gasteiger partial charge >= 0.3 is 0 Å². The summed E-state index contributed by atoms with van der Waals surface area (Å²) in [5, 5.41) is 0. The highest BCUT2D eigenvalue weighted by molar-refractivity contribution is 9.10. The topological polar surface area (TPSA) is 26.0 Å². The van der Waals surface area contributed by atoms with E-state index < -0.39 is 5.54 Å². The maximum atomic E-state index is 14.1. The van der Waals surface area contributed by atoms with E-state index in [-0.39, 0.29) is 5.82 Å². The van der Waals surface area contributed by atoms with Crippen molar-refractivity contribution in [3.63, 3.8) is 0 Å². The molecular weight excluding hydrogens is 317 g/mol. The van der Waals surface area contributed by atoms with E-state index in [1.807, 2.05) is 36.4 Å². The Morgan fingerprint density at radius 3 is 2.45 bits per heavy atom. The maximum Gasteiger partial charge on any atom is 0.127 e. The average molecular weight is 336 g/mol. The predicted octanol–water partition coefficient (Wildman–Crippen LogP) is 4.79. The van der Waals surface area contributed by atoms with Gasteiger partial charge in [-0.15, -0.1) is 0 Å². The van der Waals surface area contributed by atoms with E-state index in [1.165, 1.54) is 6.07 Å². The Labute approximate surface area is 128 Å². The van der Waals surface area contributed by atoms with Crippen LogP contribution in [0.25, 0.3) is 0 Å². The number of benzene rings is 2. The Kier molecular flexibility index (Phi) is 4.95. The second-order valence-corrected chi connectivity index (χ2v) is 6.10. The Balaban J connectivity index is 2.34.